The highest BCUT2D eigenvalue weighted by molar-refractivity contribution is 7.89. The third-order valence-corrected chi connectivity index (χ3v) is 7.78. The van der Waals surface area contributed by atoms with Gasteiger partial charge in [-0.3, -0.25) is 0 Å². The Morgan fingerprint density at radius 1 is 1.19 bits per heavy atom. The molecule has 0 radical (unpaired) electrons. The summed E-state index contributed by atoms with van der Waals surface area (Å²) in [5.74, 6) is 0.340. The van der Waals surface area contributed by atoms with Crippen LogP contribution in [0.25, 0.3) is 0 Å². The first-order valence-electron chi connectivity index (χ1n) is 10.9. The molecule has 0 bridgehead atoms. The maximum absolute atomic E-state index is 12.4. The molecule has 0 saturated carbocycles. The van der Waals surface area contributed by atoms with Gasteiger partial charge in [-0.25, -0.2) is 18.1 Å². The van der Waals surface area contributed by atoms with E-state index in [1.807, 2.05) is 25.2 Å². The van der Waals surface area contributed by atoms with Gasteiger partial charge in [-0.1, -0.05) is 41.9 Å². The summed E-state index contributed by atoms with van der Waals surface area (Å²) in [6, 6.07) is 15.0. The number of nitrogens with one attached hydrogen (secondary N) is 2. The molecule has 1 aliphatic rings. The van der Waals surface area contributed by atoms with Crippen molar-refractivity contribution in [3.05, 3.63) is 82.3 Å². The van der Waals surface area contributed by atoms with Crippen molar-refractivity contribution >= 4 is 21.6 Å². The molecule has 2 unspecified atom stereocenters. The second kappa shape index (κ2) is 9.75. The van der Waals surface area contributed by atoms with Crippen molar-refractivity contribution in [2.75, 3.05) is 13.6 Å². The first-order chi connectivity index (χ1) is 15.4. The van der Waals surface area contributed by atoms with Crippen molar-refractivity contribution in [2.45, 2.75) is 42.7 Å². The molecule has 4 rings (SSSR count). The predicted molar refractivity (Wildman–Crippen MR) is 128 cm³/mol. The van der Waals surface area contributed by atoms with Gasteiger partial charge in [0, 0.05) is 36.8 Å². The van der Waals surface area contributed by atoms with E-state index < -0.39 is 10.0 Å². The molecule has 32 heavy (non-hydrogen) atoms. The van der Waals surface area contributed by atoms with Gasteiger partial charge >= 0.3 is 0 Å². The fourth-order valence-electron chi connectivity index (χ4n) is 4.55. The Kier molecular flexibility index (Phi) is 7.00. The lowest BCUT2D eigenvalue weighted by molar-refractivity contribution is 0.409. The monoisotopic (exact) mass is 472 g/mol. The van der Waals surface area contributed by atoms with Gasteiger partial charge in [0.15, 0.2) is 5.03 Å². The van der Waals surface area contributed by atoms with E-state index in [-0.39, 0.29) is 5.03 Å². The van der Waals surface area contributed by atoms with Gasteiger partial charge in [-0.15, -0.1) is 0 Å². The van der Waals surface area contributed by atoms with E-state index in [1.165, 1.54) is 29.2 Å². The SMILES string of the molecule is CNC1CCc2ccc(CCNS(=O)(=O)c3cn(C)cn3)cc2C1Cc1cccc(Cl)c1. The summed E-state index contributed by atoms with van der Waals surface area (Å²) in [6.07, 6.45) is 6.65. The summed E-state index contributed by atoms with van der Waals surface area (Å²) in [7, 11) is 0.172. The van der Waals surface area contributed by atoms with Crippen molar-refractivity contribution in [1.29, 1.82) is 0 Å². The van der Waals surface area contributed by atoms with Gasteiger partial charge in [-0.2, -0.15) is 0 Å². The molecule has 2 N–H and O–H groups in total. The number of fused-ring (bicyclic) bond motifs is 1. The van der Waals surface area contributed by atoms with Crippen LogP contribution in [0.3, 0.4) is 0 Å². The summed E-state index contributed by atoms with van der Waals surface area (Å²) in [5.41, 5.74) is 5.08. The Hall–Kier alpha value is -2.19. The van der Waals surface area contributed by atoms with Crippen LogP contribution in [0.15, 0.2) is 60.0 Å². The molecule has 1 aromatic heterocycles. The van der Waals surface area contributed by atoms with Crippen LogP contribution >= 0.6 is 11.6 Å². The highest BCUT2D eigenvalue weighted by Crippen LogP contribution is 2.35. The minimum Gasteiger partial charge on any atom is -0.339 e. The Labute approximate surface area is 195 Å². The van der Waals surface area contributed by atoms with Crippen molar-refractivity contribution in [3.8, 4) is 0 Å². The highest BCUT2D eigenvalue weighted by atomic mass is 35.5. The lowest BCUT2D eigenvalue weighted by atomic mass is 9.75. The average Bonchev–Trinajstić information content (AvgIpc) is 3.21. The highest BCUT2D eigenvalue weighted by Gasteiger charge is 2.29. The first-order valence-corrected chi connectivity index (χ1v) is 12.7. The molecule has 0 amide bonds. The van der Waals surface area contributed by atoms with E-state index in [2.05, 4.69) is 39.3 Å². The van der Waals surface area contributed by atoms with Crippen LogP contribution in [0, 0.1) is 0 Å². The van der Waals surface area contributed by atoms with Crippen LogP contribution in [0.5, 0.6) is 0 Å². The van der Waals surface area contributed by atoms with Gasteiger partial charge in [0.1, 0.15) is 0 Å². The van der Waals surface area contributed by atoms with Crippen LogP contribution < -0.4 is 10.0 Å². The zero-order chi connectivity index (χ0) is 22.7. The van der Waals surface area contributed by atoms with Crippen molar-refractivity contribution in [2.24, 2.45) is 7.05 Å². The van der Waals surface area contributed by atoms with Gasteiger partial charge in [0.25, 0.3) is 10.0 Å². The lowest BCUT2D eigenvalue weighted by Gasteiger charge is -2.34. The molecule has 1 heterocycles. The molecule has 6 nitrogen and oxygen atoms in total. The molecule has 0 spiro atoms. The molecule has 0 fully saturated rings. The standard InChI is InChI=1S/C24H29ClN4O2S/c1-26-23-9-8-19-7-6-17(10-11-28-32(30,31)24-15-29(2)16-27-24)13-21(19)22(23)14-18-4-3-5-20(25)12-18/h3-7,12-13,15-16,22-23,26,28H,8-11,14H2,1-2H3. The maximum atomic E-state index is 12.4. The fourth-order valence-corrected chi connectivity index (χ4v) is 5.77. The number of imidazole rings is 1. The quantitative estimate of drug-likeness (QED) is 0.526. The molecule has 0 saturated heterocycles. The number of hydrogen-bond donors (Lipinski definition) is 2. The minimum absolute atomic E-state index is 0.0453. The van der Waals surface area contributed by atoms with E-state index in [0.717, 1.165) is 29.8 Å². The molecule has 2 atom stereocenters. The average molecular weight is 473 g/mol. The van der Waals surface area contributed by atoms with Crippen LogP contribution in [-0.4, -0.2) is 37.6 Å². The zero-order valence-corrected chi connectivity index (χ0v) is 20.0. The smallest absolute Gasteiger partial charge is 0.259 e. The molecule has 0 aliphatic heterocycles. The van der Waals surface area contributed by atoms with Crippen molar-refractivity contribution < 1.29 is 8.42 Å². The predicted octanol–water partition coefficient (Wildman–Crippen LogP) is 3.46. The molecule has 2 aromatic carbocycles. The second-order valence-corrected chi connectivity index (χ2v) is 10.6. The number of benzene rings is 2. The largest absolute Gasteiger partial charge is 0.339 e. The van der Waals surface area contributed by atoms with E-state index in [9.17, 15) is 8.42 Å². The minimum atomic E-state index is -3.60. The van der Waals surface area contributed by atoms with Gasteiger partial charge in [0.2, 0.25) is 0 Å². The van der Waals surface area contributed by atoms with E-state index in [4.69, 9.17) is 11.6 Å². The van der Waals surface area contributed by atoms with Crippen LogP contribution in [-0.2, 0) is 36.3 Å². The number of sulfonamides is 1. The zero-order valence-electron chi connectivity index (χ0n) is 18.4. The second-order valence-electron chi connectivity index (χ2n) is 8.43. The summed E-state index contributed by atoms with van der Waals surface area (Å²) < 4.78 is 29.1. The number of nitrogens with zero attached hydrogens (tertiary/aromatic N) is 2. The number of hydrogen-bond acceptors (Lipinski definition) is 4. The first kappa shape index (κ1) is 23.0. The molecular weight excluding hydrogens is 444 g/mol. The maximum Gasteiger partial charge on any atom is 0.259 e. The Morgan fingerprint density at radius 3 is 2.75 bits per heavy atom. The van der Waals surface area contributed by atoms with Crippen LogP contribution in [0.2, 0.25) is 5.02 Å². The van der Waals surface area contributed by atoms with E-state index >= 15 is 0 Å². The number of aromatic nitrogens is 2. The Morgan fingerprint density at radius 2 is 2.03 bits per heavy atom. The van der Waals surface area contributed by atoms with Gasteiger partial charge in [-0.05, 0) is 67.1 Å². The van der Waals surface area contributed by atoms with E-state index in [0.29, 0.717) is 24.9 Å². The number of likely N-dealkylation sites (N-methyl/N-ethyl adjacent to an activating group) is 1. The number of halogens is 1. The van der Waals surface area contributed by atoms with E-state index in [1.54, 1.807) is 11.6 Å². The molecule has 1 aliphatic carbocycles. The summed E-state index contributed by atoms with van der Waals surface area (Å²) >= 11 is 6.22. The summed E-state index contributed by atoms with van der Waals surface area (Å²) in [5, 5.41) is 4.30. The Bertz CT molecular complexity index is 1190. The van der Waals surface area contributed by atoms with Crippen LogP contribution in [0.4, 0.5) is 0 Å². The normalized spacial score (nSPS) is 18.5. The van der Waals surface area contributed by atoms with Crippen molar-refractivity contribution in [3.63, 3.8) is 0 Å². The summed E-state index contributed by atoms with van der Waals surface area (Å²) in [6.45, 7) is 0.326. The molecule has 170 valence electrons. The topological polar surface area (TPSA) is 76.0 Å². The molecule has 8 heteroatoms. The van der Waals surface area contributed by atoms with Gasteiger partial charge in [0.05, 0.1) is 6.33 Å². The molecular formula is C24H29ClN4O2S. The fraction of sp³-hybridized carbons (Fsp3) is 0.375. The third kappa shape index (κ3) is 5.23. The number of aryl methyl sites for hydroxylation is 2. The van der Waals surface area contributed by atoms with Crippen molar-refractivity contribution in [1.82, 2.24) is 19.6 Å². The third-order valence-electron chi connectivity index (χ3n) is 6.20. The Balaban J connectivity index is 1.50. The lowest BCUT2D eigenvalue weighted by Crippen LogP contribution is -2.37. The number of rotatable bonds is 8. The summed E-state index contributed by atoms with van der Waals surface area (Å²) in [4.78, 5) is 3.94. The van der Waals surface area contributed by atoms with Gasteiger partial charge < -0.3 is 9.88 Å². The molecule has 3 aromatic rings. The van der Waals surface area contributed by atoms with Crippen LogP contribution in [0.1, 0.15) is 34.6 Å².